The van der Waals surface area contributed by atoms with E-state index in [1.807, 2.05) is 26.8 Å². The van der Waals surface area contributed by atoms with Crippen LogP contribution in [-0.2, 0) is 33.4 Å². The number of fused-ring (bicyclic) bond motifs is 6. The van der Waals surface area contributed by atoms with Crippen molar-refractivity contribution in [2.75, 3.05) is 7.11 Å². The lowest BCUT2D eigenvalue weighted by molar-refractivity contribution is -0.230. The van der Waals surface area contributed by atoms with Gasteiger partial charge in [0.2, 0.25) is 0 Å². The van der Waals surface area contributed by atoms with E-state index in [9.17, 15) is 19.2 Å². The van der Waals surface area contributed by atoms with Crippen molar-refractivity contribution in [2.45, 2.75) is 85.9 Å². The molecule has 3 saturated carbocycles. The van der Waals surface area contributed by atoms with Crippen LogP contribution < -0.4 is 0 Å². The lowest BCUT2D eigenvalue weighted by Gasteiger charge is -2.66. The number of methoxy groups -OCH3 is 1. The molecule has 40 heavy (non-hydrogen) atoms. The van der Waals surface area contributed by atoms with Gasteiger partial charge in [0.15, 0.2) is 0 Å². The lowest BCUT2D eigenvalue weighted by atomic mass is 9.37. The Morgan fingerprint density at radius 2 is 1.88 bits per heavy atom. The van der Waals surface area contributed by atoms with Crippen LogP contribution in [0.5, 0.6) is 0 Å². The normalized spacial score (nSPS) is 40.4. The smallest absolute Gasteiger partial charge is 0.333 e. The molecule has 2 bridgehead atoms. The molecule has 1 aliphatic heterocycles. The summed E-state index contributed by atoms with van der Waals surface area (Å²) in [6.45, 7) is 11.7. The van der Waals surface area contributed by atoms with Gasteiger partial charge >= 0.3 is 17.9 Å². The van der Waals surface area contributed by atoms with Crippen LogP contribution in [0.2, 0.25) is 0 Å². The molecule has 1 aromatic rings. The van der Waals surface area contributed by atoms with Crippen molar-refractivity contribution < 1.29 is 37.8 Å². The van der Waals surface area contributed by atoms with Gasteiger partial charge in [-0.15, -0.1) is 0 Å². The fourth-order valence-electron chi connectivity index (χ4n) is 9.23. The molecule has 218 valence electrons. The van der Waals surface area contributed by atoms with E-state index in [1.165, 1.54) is 7.11 Å². The zero-order valence-electron chi connectivity index (χ0n) is 24.7. The second-order valence-electron chi connectivity index (χ2n) is 13.5. The zero-order valence-corrected chi connectivity index (χ0v) is 24.7. The summed E-state index contributed by atoms with van der Waals surface area (Å²) in [5.74, 6) is -1.99. The average molecular weight is 555 g/mol. The molecule has 0 spiro atoms. The van der Waals surface area contributed by atoms with Gasteiger partial charge in [-0.1, -0.05) is 33.8 Å². The molecule has 0 amide bonds. The molecular formula is C32H42O8. The van der Waals surface area contributed by atoms with Crippen LogP contribution in [-0.4, -0.2) is 36.9 Å². The van der Waals surface area contributed by atoms with Crippen LogP contribution in [0.25, 0.3) is 0 Å². The Bertz CT molecular complexity index is 1230. The van der Waals surface area contributed by atoms with Gasteiger partial charge in [0.25, 0.3) is 0 Å². The Morgan fingerprint density at radius 1 is 1.15 bits per heavy atom. The first-order valence-electron chi connectivity index (χ1n) is 14.5. The number of ketones is 1. The van der Waals surface area contributed by atoms with Crippen LogP contribution in [0.15, 0.2) is 34.7 Å². The highest BCUT2D eigenvalue weighted by Crippen LogP contribution is 2.70. The first kappa shape index (κ1) is 28.6. The van der Waals surface area contributed by atoms with Crippen molar-refractivity contribution in [1.29, 1.82) is 0 Å². The minimum Gasteiger partial charge on any atom is -0.472 e. The molecule has 1 aromatic heterocycles. The number of hydrogen-bond donors (Lipinski definition) is 0. The van der Waals surface area contributed by atoms with Gasteiger partial charge < -0.3 is 18.6 Å². The van der Waals surface area contributed by atoms with E-state index in [-0.39, 0.29) is 53.7 Å². The number of furan rings is 1. The van der Waals surface area contributed by atoms with Crippen LogP contribution in [0, 0.1) is 45.8 Å². The third-order valence-electron chi connectivity index (χ3n) is 11.4. The molecule has 3 aliphatic carbocycles. The molecular weight excluding hydrogens is 512 g/mol. The number of ether oxygens (including phenoxy) is 3. The van der Waals surface area contributed by atoms with Crippen molar-refractivity contribution in [3.8, 4) is 0 Å². The van der Waals surface area contributed by atoms with Crippen molar-refractivity contribution in [2.24, 2.45) is 45.8 Å². The molecule has 8 heteroatoms. The minimum absolute atomic E-state index is 0.0203. The number of carbonyl (C=O) groups is 4. The van der Waals surface area contributed by atoms with Crippen LogP contribution in [0.1, 0.15) is 85.3 Å². The summed E-state index contributed by atoms with van der Waals surface area (Å²) in [7, 11) is 1.36. The Hall–Kier alpha value is -2.90. The highest BCUT2D eigenvalue weighted by molar-refractivity contribution is 5.92. The highest BCUT2D eigenvalue weighted by atomic mass is 16.6. The summed E-state index contributed by atoms with van der Waals surface area (Å²) < 4.78 is 22.6. The van der Waals surface area contributed by atoms with Crippen LogP contribution in [0.3, 0.4) is 0 Å². The van der Waals surface area contributed by atoms with E-state index in [0.717, 1.165) is 18.4 Å². The number of carbonyl (C=O) groups excluding carboxylic acids is 4. The SMILES string of the molecule is CC=C(C)C(=O)O[C@@H]1[C@@H]2C[C@H]3[C@@H]4CC(=O)O[C@@H](c5ccoc5)[C@]4(C)CC[C@@H]3[C@@](C)(C2=O)C(CC(=O)OC)C1(C)C. The quantitative estimate of drug-likeness (QED) is 0.263. The van der Waals surface area contributed by atoms with Crippen molar-refractivity contribution in [3.05, 3.63) is 35.8 Å². The molecule has 0 N–H and O–H groups in total. The third-order valence-corrected chi connectivity index (χ3v) is 11.4. The van der Waals surface area contributed by atoms with Gasteiger partial charge in [-0.25, -0.2) is 4.79 Å². The molecule has 0 aromatic carbocycles. The fraction of sp³-hybridized carbons (Fsp3) is 0.688. The van der Waals surface area contributed by atoms with E-state index >= 15 is 0 Å². The Balaban J connectivity index is 1.61. The monoisotopic (exact) mass is 554 g/mol. The molecule has 4 aliphatic rings. The highest BCUT2D eigenvalue weighted by Gasteiger charge is 2.71. The van der Waals surface area contributed by atoms with E-state index < -0.39 is 40.8 Å². The molecule has 1 saturated heterocycles. The number of allylic oxidation sites excluding steroid dienone is 1. The molecule has 8 nitrogen and oxygen atoms in total. The summed E-state index contributed by atoms with van der Waals surface area (Å²) >= 11 is 0. The summed E-state index contributed by atoms with van der Waals surface area (Å²) in [6.07, 6.45) is 6.21. The van der Waals surface area contributed by atoms with Gasteiger partial charge in [0, 0.05) is 40.2 Å². The molecule has 0 radical (unpaired) electrons. The first-order chi connectivity index (χ1) is 18.8. The van der Waals surface area contributed by atoms with Gasteiger partial charge in [0.05, 0.1) is 25.6 Å². The molecule has 4 fully saturated rings. The molecule has 5 rings (SSSR count). The van der Waals surface area contributed by atoms with Gasteiger partial charge in [0.1, 0.15) is 18.0 Å². The van der Waals surface area contributed by atoms with E-state index in [4.69, 9.17) is 18.6 Å². The maximum atomic E-state index is 14.5. The largest absolute Gasteiger partial charge is 0.472 e. The molecule has 2 heterocycles. The lowest BCUT2D eigenvalue weighted by Crippen LogP contribution is -2.69. The molecule has 1 unspecified atom stereocenters. The van der Waals surface area contributed by atoms with Gasteiger partial charge in [-0.05, 0) is 62.8 Å². The predicted octanol–water partition coefficient (Wildman–Crippen LogP) is 5.61. The standard InChI is InChI=1S/C32H42O8/c1-8-17(2)29(36)40-28-20-13-19-21(32(6,26(20)35)23(30(28,3)4)15-24(33)37-7)9-11-31(5)22(19)14-25(34)39-27(31)18-10-12-38-16-18/h8,10,12,16,19-23,27-28H,9,11,13-15H2,1-7H3/t19-,20-,21+,22+,23?,27+,28-,31-,32-/m1/s1. The Labute approximate surface area is 236 Å². The maximum absolute atomic E-state index is 14.5. The van der Waals surface area contributed by atoms with E-state index in [2.05, 4.69) is 6.92 Å². The minimum atomic E-state index is -0.836. The summed E-state index contributed by atoms with van der Waals surface area (Å²) in [6, 6.07) is 1.85. The van der Waals surface area contributed by atoms with Crippen molar-refractivity contribution in [3.63, 3.8) is 0 Å². The van der Waals surface area contributed by atoms with Gasteiger partial charge in [-0.3, -0.25) is 14.4 Å². The molecule has 9 atom stereocenters. The second-order valence-corrected chi connectivity index (χ2v) is 13.5. The predicted molar refractivity (Wildman–Crippen MR) is 144 cm³/mol. The van der Waals surface area contributed by atoms with Gasteiger partial charge in [-0.2, -0.15) is 0 Å². The van der Waals surface area contributed by atoms with Crippen LogP contribution in [0.4, 0.5) is 0 Å². The Morgan fingerprint density at radius 3 is 2.50 bits per heavy atom. The fourth-order valence-corrected chi connectivity index (χ4v) is 9.23. The van der Waals surface area contributed by atoms with Crippen LogP contribution >= 0.6 is 0 Å². The topological polar surface area (TPSA) is 109 Å². The number of rotatable bonds is 5. The van der Waals surface area contributed by atoms with Crippen molar-refractivity contribution in [1.82, 2.24) is 0 Å². The van der Waals surface area contributed by atoms with Crippen molar-refractivity contribution >= 4 is 23.7 Å². The zero-order chi connectivity index (χ0) is 29.2. The summed E-state index contributed by atoms with van der Waals surface area (Å²) in [4.78, 5) is 53.4. The number of Topliss-reactive ketones (excluding diaryl/α,β-unsaturated/α-hetero) is 1. The number of cyclic esters (lactones) is 1. The summed E-state index contributed by atoms with van der Waals surface area (Å²) in [5, 5.41) is 0. The average Bonchev–Trinajstić information content (AvgIpc) is 3.45. The van der Waals surface area contributed by atoms with E-state index in [1.54, 1.807) is 32.4 Å². The Kier molecular flexibility index (Phi) is 7.07. The second kappa shape index (κ2) is 9.88. The third kappa shape index (κ3) is 4.07. The maximum Gasteiger partial charge on any atom is 0.333 e. The van der Waals surface area contributed by atoms with E-state index in [0.29, 0.717) is 12.0 Å². The summed E-state index contributed by atoms with van der Waals surface area (Å²) in [5.41, 5.74) is -0.529. The number of hydrogen-bond acceptors (Lipinski definition) is 8. The first-order valence-corrected chi connectivity index (χ1v) is 14.5. The number of esters is 3.